The van der Waals surface area contributed by atoms with E-state index < -0.39 is 0 Å². The average Bonchev–Trinajstić information content (AvgIpc) is 3.04. The van der Waals surface area contributed by atoms with Crippen molar-refractivity contribution in [3.8, 4) is 0 Å². The van der Waals surface area contributed by atoms with Crippen LogP contribution in [0.1, 0.15) is 30.5 Å². The number of rotatable bonds is 7. The molecule has 2 aromatic heterocycles. The molecule has 8 heteroatoms. The second-order valence-electron chi connectivity index (χ2n) is 8.46. The summed E-state index contributed by atoms with van der Waals surface area (Å²) in [6.07, 6.45) is 4.18. The second kappa shape index (κ2) is 9.89. The number of carbonyl (C=O) groups excluding carboxylic acids is 1. The maximum Gasteiger partial charge on any atom is 0.267 e. The molecule has 1 N–H and O–H groups in total. The van der Waals surface area contributed by atoms with E-state index >= 15 is 0 Å². The first-order valence-electron chi connectivity index (χ1n) is 10.9. The number of thioether (sulfide) groups is 1. The van der Waals surface area contributed by atoms with Crippen molar-refractivity contribution in [2.24, 2.45) is 5.92 Å². The van der Waals surface area contributed by atoms with Gasteiger partial charge in [-0.2, -0.15) is 0 Å². The van der Waals surface area contributed by atoms with Gasteiger partial charge in [0, 0.05) is 19.3 Å². The lowest BCUT2D eigenvalue weighted by molar-refractivity contribution is -0.122. The molecule has 1 saturated heterocycles. The van der Waals surface area contributed by atoms with Crippen LogP contribution in [0.4, 0.5) is 5.82 Å². The number of carbonyl (C=O) groups is 1. The highest BCUT2D eigenvalue weighted by Gasteiger charge is 2.32. The third-order valence-corrected chi connectivity index (χ3v) is 6.63. The average molecular weight is 479 g/mol. The number of amides is 1. The Bertz CT molecular complexity index is 1300. The molecule has 0 spiro atoms. The maximum atomic E-state index is 13.4. The van der Waals surface area contributed by atoms with Crippen LogP contribution >= 0.6 is 24.0 Å². The Morgan fingerprint density at radius 2 is 1.91 bits per heavy atom. The van der Waals surface area contributed by atoms with Crippen molar-refractivity contribution in [3.05, 3.63) is 80.6 Å². The van der Waals surface area contributed by atoms with Crippen LogP contribution < -0.4 is 10.9 Å². The lowest BCUT2D eigenvalue weighted by Gasteiger charge is -2.16. The highest BCUT2D eigenvalue weighted by molar-refractivity contribution is 8.26. The number of pyridine rings is 1. The van der Waals surface area contributed by atoms with Gasteiger partial charge in [-0.3, -0.25) is 18.9 Å². The van der Waals surface area contributed by atoms with E-state index in [0.717, 1.165) is 12.0 Å². The molecular formula is C25H26N4O2S2. The first-order valence-corrected chi connectivity index (χ1v) is 12.1. The summed E-state index contributed by atoms with van der Waals surface area (Å²) in [7, 11) is 0. The molecule has 3 aromatic rings. The summed E-state index contributed by atoms with van der Waals surface area (Å²) >= 11 is 6.66. The lowest BCUT2D eigenvalue weighted by atomic mass is 10.1. The molecule has 1 aromatic carbocycles. The summed E-state index contributed by atoms with van der Waals surface area (Å²) < 4.78 is 2.04. The minimum absolute atomic E-state index is 0.164. The van der Waals surface area contributed by atoms with Crippen molar-refractivity contribution in [3.63, 3.8) is 0 Å². The van der Waals surface area contributed by atoms with E-state index in [1.807, 2.05) is 51.1 Å². The van der Waals surface area contributed by atoms with Crippen LogP contribution in [-0.4, -0.2) is 37.6 Å². The number of thiocarbonyl (C=S) groups is 1. The molecule has 6 nitrogen and oxygen atoms in total. The number of aryl methyl sites for hydroxylation is 1. The molecule has 0 unspecified atom stereocenters. The Morgan fingerprint density at radius 1 is 1.15 bits per heavy atom. The Balaban J connectivity index is 1.72. The minimum Gasteiger partial charge on any atom is -0.369 e. The van der Waals surface area contributed by atoms with E-state index in [-0.39, 0.29) is 17.4 Å². The van der Waals surface area contributed by atoms with Gasteiger partial charge in [-0.15, -0.1) is 0 Å². The van der Waals surface area contributed by atoms with Crippen LogP contribution in [0, 0.1) is 12.8 Å². The van der Waals surface area contributed by atoms with Gasteiger partial charge >= 0.3 is 0 Å². The van der Waals surface area contributed by atoms with E-state index in [4.69, 9.17) is 17.2 Å². The fourth-order valence-corrected chi connectivity index (χ4v) is 4.90. The number of nitrogens with zero attached hydrogens (tertiary/aromatic N) is 3. The minimum atomic E-state index is -0.222. The Labute approximate surface area is 202 Å². The molecule has 0 atom stereocenters. The van der Waals surface area contributed by atoms with Crippen LogP contribution in [0.3, 0.4) is 0 Å². The van der Waals surface area contributed by atoms with E-state index in [2.05, 4.69) is 17.4 Å². The zero-order valence-corrected chi connectivity index (χ0v) is 20.5. The molecule has 3 heterocycles. The van der Waals surface area contributed by atoms with Gasteiger partial charge in [-0.05, 0) is 42.5 Å². The molecular weight excluding hydrogens is 452 g/mol. The molecule has 0 radical (unpaired) electrons. The van der Waals surface area contributed by atoms with Gasteiger partial charge < -0.3 is 5.32 Å². The van der Waals surface area contributed by atoms with E-state index in [1.165, 1.54) is 21.7 Å². The van der Waals surface area contributed by atoms with Crippen LogP contribution in [0.15, 0.2) is 58.4 Å². The highest BCUT2D eigenvalue weighted by Crippen LogP contribution is 2.33. The fraction of sp³-hybridized carbons (Fsp3) is 0.280. The smallest absolute Gasteiger partial charge is 0.267 e. The summed E-state index contributed by atoms with van der Waals surface area (Å²) in [6.45, 7) is 7.17. The number of aromatic nitrogens is 2. The van der Waals surface area contributed by atoms with Gasteiger partial charge in [0.05, 0.1) is 10.5 Å². The van der Waals surface area contributed by atoms with E-state index in [9.17, 15) is 9.59 Å². The maximum absolute atomic E-state index is 13.4. The number of anilines is 1. The largest absolute Gasteiger partial charge is 0.369 e. The predicted molar refractivity (Wildman–Crippen MR) is 140 cm³/mol. The normalized spacial score (nSPS) is 15.3. The number of hydrogen-bond donors (Lipinski definition) is 1. The molecule has 1 aliphatic heterocycles. The zero-order valence-electron chi connectivity index (χ0n) is 18.9. The summed E-state index contributed by atoms with van der Waals surface area (Å²) in [5, 5.41) is 3.32. The number of nitrogens with one attached hydrogen (secondary N) is 1. The summed E-state index contributed by atoms with van der Waals surface area (Å²) in [5.74, 6) is 0.592. The quantitative estimate of drug-likeness (QED) is 0.398. The van der Waals surface area contributed by atoms with Crippen LogP contribution in [0.25, 0.3) is 11.7 Å². The molecule has 33 heavy (non-hydrogen) atoms. The molecule has 1 aliphatic rings. The fourth-order valence-electron chi connectivity index (χ4n) is 3.65. The molecule has 0 bridgehead atoms. The van der Waals surface area contributed by atoms with Gasteiger partial charge in [0.15, 0.2) is 0 Å². The molecule has 170 valence electrons. The monoisotopic (exact) mass is 478 g/mol. The van der Waals surface area contributed by atoms with Crippen LogP contribution in [0.2, 0.25) is 0 Å². The number of fused-ring (bicyclic) bond motifs is 1. The van der Waals surface area contributed by atoms with Gasteiger partial charge in [0.1, 0.15) is 15.8 Å². The van der Waals surface area contributed by atoms with Crippen molar-refractivity contribution >= 4 is 51.7 Å². The number of hydrogen-bond acceptors (Lipinski definition) is 6. The summed E-state index contributed by atoms with van der Waals surface area (Å²) in [4.78, 5) is 33.2. The van der Waals surface area contributed by atoms with Crippen LogP contribution in [0.5, 0.6) is 0 Å². The zero-order chi connectivity index (χ0) is 23.5. The lowest BCUT2D eigenvalue weighted by Crippen LogP contribution is -2.31. The third-order valence-electron chi connectivity index (χ3n) is 5.25. The van der Waals surface area contributed by atoms with Gasteiger partial charge in [0.25, 0.3) is 11.5 Å². The predicted octanol–water partition coefficient (Wildman–Crippen LogP) is 4.51. The Kier molecular flexibility index (Phi) is 6.95. The van der Waals surface area contributed by atoms with Crippen molar-refractivity contribution in [1.29, 1.82) is 0 Å². The first-order chi connectivity index (χ1) is 15.8. The molecule has 4 rings (SSSR count). The molecule has 0 aliphatic carbocycles. The van der Waals surface area contributed by atoms with Crippen molar-refractivity contribution < 1.29 is 4.79 Å². The number of benzene rings is 1. The SMILES string of the molecule is Cc1ccc2nc(NCCc3ccccc3)c(C=C3SC(=S)N(CC(C)C)C3=O)c(=O)n2c1. The summed E-state index contributed by atoms with van der Waals surface area (Å²) in [6, 6.07) is 13.9. The van der Waals surface area contributed by atoms with Crippen LogP contribution in [-0.2, 0) is 11.2 Å². The molecule has 0 saturated carbocycles. The van der Waals surface area contributed by atoms with Crippen molar-refractivity contribution in [1.82, 2.24) is 14.3 Å². The first kappa shape index (κ1) is 23.2. The standard InChI is InChI=1S/C25H26N4O2S2/c1-16(2)14-29-24(31)20(33-25(29)32)13-19-22(26-12-11-18-7-5-4-6-8-18)27-21-10-9-17(3)15-28(21)23(19)30/h4-10,13,15-16,26H,11-12,14H2,1-3H3. The second-order valence-corrected chi connectivity index (χ2v) is 10.1. The van der Waals surface area contributed by atoms with Crippen molar-refractivity contribution in [2.75, 3.05) is 18.4 Å². The van der Waals surface area contributed by atoms with Gasteiger partial charge in [-0.25, -0.2) is 4.98 Å². The molecule has 1 fully saturated rings. The van der Waals surface area contributed by atoms with Gasteiger partial charge in [-0.1, -0.05) is 74.2 Å². The Morgan fingerprint density at radius 3 is 2.64 bits per heavy atom. The third kappa shape index (κ3) is 5.17. The summed E-state index contributed by atoms with van der Waals surface area (Å²) in [5.41, 5.74) is 2.83. The van der Waals surface area contributed by atoms with E-state index in [0.29, 0.717) is 39.3 Å². The highest BCUT2D eigenvalue weighted by atomic mass is 32.2. The van der Waals surface area contributed by atoms with Gasteiger partial charge in [0.2, 0.25) is 0 Å². The van der Waals surface area contributed by atoms with E-state index in [1.54, 1.807) is 17.2 Å². The molecule has 1 amide bonds. The Hall–Kier alpha value is -2.97. The topological polar surface area (TPSA) is 66.7 Å². The van der Waals surface area contributed by atoms with Crippen molar-refractivity contribution in [2.45, 2.75) is 27.2 Å².